The molecule has 0 spiro atoms. The number of hydrogen-bond acceptors (Lipinski definition) is 6. The Balaban J connectivity index is 1.95. The highest BCUT2D eigenvalue weighted by molar-refractivity contribution is 6.09. The van der Waals surface area contributed by atoms with Crippen molar-refractivity contribution in [2.24, 2.45) is 5.73 Å². The number of carbonyl (C=O) groups is 2. The summed E-state index contributed by atoms with van der Waals surface area (Å²) in [5.74, 6) is 0.785. The lowest BCUT2D eigenvalue weighted by Gasteiger charge is -2.20. The Morgan fingerprint density at radius 1 is 1.15 bits per heavy atom. The number of carbonyl (C=O) groups excluding carboxylic acids is 2. The van der Waals surface area contributed by atoms with Gasteiger partial charge in [0.2, 0.25) is 0 Å². The standard InChI is InChI=1S/C19H23N3O5/c1-25-16-8-14(19(24)22-5-3-4-6-22)15(9-17(16)26-2)21-18(23)12-7-13(10-20)27-11-12/h7-9,11H,3-6,10,20H2,1-2H3,(H,21,23). The van der Waals surface area contributed by atoms with Crippen LogP contribution in [0.1, 0.15) is 39.3 Å². The molecule has 1 saturated heterocycles. The lowest BCUT2D eigenvalue weighted by atomic mass is 10.1. The van der Waals surface area contributed by atoms with Gasteiger partial charge in [-0.15, -0.1) is 0 Å². The maximum Gasteiger partial charge on any atom is 0.258 e. The Kier molecular flexibility index (Phi) is 5.66. The van der Waals surface area contributed by atoms with E-state index in [1.54, 1.807) is 23.1 Å². The molecule has 1 fully saturated rings. The van der Waals surface area contributed by atoms with Gasteiger partial charge in [0.1, 0.15) is 12.0 Å². The lowest BCUT2D eigenvalue weighted by Crippen LogP contribution is -2.29. The summed E-state index contributed by atoms with van der Waals surface area (Å²) >= 11 is 0. The number of anilines is 1. The van der Waals surface area contributed by atoms with Crippen LogP contribution in [-0.2, 0) is 6.54 Å². The van der Waals surface area contributed by atoms with Gasteiger partial charge >= 0.3 is 0 Å². The quantitative estimate of drug-likeness (QED) is 0.804. The summed E-state index contributed by atoms with van der Waals surface area (Å²) in [5.41, 5.74) is 6.54. The van der Waals surface area contributed by atoms with Gasteiger partial charge in [-0.25, -0.2) is 0 Å². The summed E-state index contributed by atoms with van der Waals surface area (Å²) in [6.45, 7) is 1.59. The molecule has 8 nitrogen and oxygen atoms in total. The molecule has 0 aliphatic carbocycles. The van der Waals surface area contributed by atoms with Gasteiger partial charge in [-0.1, -0.05) is 0 Å². The van der Waals surface area contributed by atoms with Crippen molar-refractivity contribution in [1.82, 2.24) is 4.90 Å². The zero-order valence-electron chi connectivity index (χ0n) is 15.4. The van der Waals surface area contributed by atoms with Crippen molar-refractivity contribution in [1.29, 1.82) is 0 Å². The van der Waals surface area contributed by atoms with Crippen LogP contribution in [0.5, 0.6) is 11.5 Å². The molecule has 1 aromatic carbocycles. The molecule has 0 radical (unpaired) electrons. The molecular weight excluding hydrogens is 350 g/mol. The molecule has 2 heterocycles. The van der Waals surface area contributed by atoms with Gasteiger partial charge in [-0.05, 0) is 25.0 Å². The van der Waals surface area contributed by atoms with Crippen LogP contribution in [0.2, 0.25) is 0 Å². The van der Waals surface area contributed by atoms with Crippen LogP contribution in [0.25, 0.3) is 0 Å². The minimum absolute atomic E-state index is 0.154. The Bertz CT molecular complexity index is 840. The maximum absolute atomic E-state index is 12.9. The highest BCUT2D eigenvalue weighted by Gasteiger charge is 2.25. The molecule has 0 atom stereocenters. The van der Waals surface area contributed by atoms with Crippen molar-refractivity contribution in [3.63, 3.8) is 0 Å². The van der Waals surface area contributed by atoms with E-state index in [1.165, 1.54) is 20.5 Å². The van der Waals surface area contributed by atoms with Crippen molar-refractivity contribution in [3.8, 4) is 11.5 Å². The molecule has 1 aliphatic heterocycles. The number of nitrogens with two attached hydrogens (primary N) is 1. The largest absolute Gasteiger partial charge is 0.493 e. The van der Waals surface area contributed by atoms with Crippen LogP contribution < -0.4 is 20.5 Å². The fourth-order valence-electron chi connectivity index (χ4n) is 3.05. The van der Waals surface area contributed by atoms with E-state index in [9.17, 15) is 9.59 Å². The number of ether oxygens (including phenoxy) is 2. The average molecular weight is 373 g/mol. The summed E-state index contributed by atoms with van der Waals surface area (Å²) in [6.07, 6.45) is 3.27. The predicted molar refractivity (Wildman–Crippen MR) is 99.2 cm³/mol. The van der Waals surface area contributed by atoms with Crippen molar-refractivity contribution >= 4 is 17.5 Å². The first-order valence-corrected chi connectivity index (χ1v) is 8.71. The number of rotatable bonds is 6. The maximum atomic E-state index is 12.9. The van der Waals surface area contributed by atoms with Gasteiger partial charge in [-0.2, -0.15) is 0 Å². The molecule has 2 amide bonds. The smallest absolute Gasteiger partial charge is 0.258 e. The van der Waals surface area contributed by atoms with Gasteiger partial charge in [0.25, 0.3) is 11.8 Å². The Morgan fingerprint density at radius 3 is 2.41 bits per heavy atom. The number of benzene rings is 1. The van der Waals surface area contributed by atoms with Gasteiger partial charge in [0.05, 0.1) is 37.6 Å². The number of hydrogen-bond donors (Lipinski definition) is 2. The van der Waals surface area contributed by atoms with E-state index in [1.807, 2.05) is 0 Å². The van der Waals surface area contributed by atoms with Crippen molar-refractivity contribution < 1.29 is 23.5 Å². The van der Waals surface area contributed by atoms with Crippen molar-refractivity contribution in [2.75, 3.05) is 32.6 Å². The zero-order chi connectivity index (χ0) is 19.4. The predicted octanol–water partition coefficient (Wildman–Crippen LogP) is 2.24. The van der Waals surface area contributed by atoms with E-state index in [2.05, 4.69) is 5.32 Å². The normalized spacial score (nSPS) is 13.5. The number of amides is 2. The van der Waals surface area contributed by atoms with Crippen LogP contribution in [0.15, 0.2) is 28.9 Å². The molecule has 0 bridgehead atoms. The molecule has 1 aromatic heterocycles. The van der Waals surface area contributed by atoms with Crippen molar-refractivity contribution in [3.05, 3.63) is 41.3 Å². The second kappa shape index (κ2) is 8.13. The third-order valence-electron chi connectivity index (χ3n) is 4.51. The second-order valence-electron chi connectivity index (χ2n) is 6.21. The average Bonchev–Trinajstić information content (AvgIpc) is 3.38. The highest BCUT2D eigenvalue weighted by Crippen LogP contribution is 2.34. The van der Waals surface area contributed by atoms with Crippen molar-refractivity contribution in [2.45, 2.75) is 19.4 Å². The molecule has 0 unspecified atom stereocenters. The molecule has 2 aromatic rings. The SMILES string of the molecule is COc1cc(NC(=O)c2coc(CN)c2)c(C(=O)N2CCCC2)cc1OC. The van der Waals surface area contributed by atoms with Crippen LogP contribution in [0.4, 0.5) is 5.69 Å². The summed E-state index contributed by atoms with van der Waals surface area (Å²) in [4.78, 5) is 27.3. The Hall–Kier alpha value is -3.00. The van der Waals surface area contributed by atoms with Crippen LogP contribution >= 0.6 is 0 Å². The van der Waals surface area contributed by atoms with Gasteiger partial charge < -0.3 is 29.8 Å². The van der Waals surface area contributed by atoms with Gasteiger partial charge in [0, 0.05) is 19.2 Å². The molecule has 3 N–H and O–H groups in total. The van der Waals surface area contributed by atoms with Crippen LogP contribution in [0.3, 0.4) is 0 Å². The molecule has 1 aliphatic rings. The van der Waals surface area contributed by atoms with Crippen LogP contribution in [-0.4, -0.2) is 44.0 Å². The molecular formula is C19H23N3O5. The molecule has 0 saturated carbocycles. The van der Waals surface area contributed by atoms with Gasteiger partial charge in [0.15, 0.2) is 11.5 Å². The molecule has 27 heavy (non-hydrogen) atoms. The first-order chi connectivity index (χ1) is 13.1. The van der Waals surface area contributed by atoms with E-state index in [4.69, 9.17) is 19.6 Å². The fourth-order valence-corrected chi connectivity index (χ4v) is 3.05. The van der Waals surface area contributed by atoms with Crippen LogP contribution in [0, 0.1) is 0 Å². The first kappa shape index (κ1) is 18.8. The number of furan rings is 1. The summed E-state index contributed by atoms with van der Waals surface area (Å²) in [7, 11) is 3.00. The first-order valence-electron chi connectivity index (χ1n) is 8.71. The monoisotopic (exact) mass is 373 g/mol. The number of likely N-dealkylation sites (tertiary alicyclic amines) is 1. The van der Waals surface area contributed by atoms with E-state index in [-0.39, 0.29) is 12.5 Å². The van der Waals surface area contributed by atoms with E-state index < -0.39 is 5.91 Å². The third kappa shape index (κ3) is 3.90. The van der Waals surface area contributed by atoms with E-state index >= 15 is 0 Å². The Morgan fingerprint density at radius 2 is 1.81 bits per heavy atom. The van der Waals surface area contributed by atoms with E-state index in [0.29, 0.717) is 47.2 Å². The van der Waals surface area contributed by atoms with Gasteiger partial charge in [-0.3, -0.25) is 9.59 Å². The minimum Gasteiger partial charge on any atom is -0.493 e. The molecule has 144 valence electrons. The zero-order valence-corrected chi connectivity index (χ0v) is 15.4. The number of nitrogens with zero attached hydrogens (tertiary/aromatic N) is 1. The number of nitrogens with one attached hydrogen (secondary N) is 1. The summed E-state index contributed by atoms with van der Waals surface area (Å²) < 4.78 is 15.8. The molecule has 3 rings (SSSR count). The number of methoxy groups -OCH3 is 2. The minimum atomic E-state index is -0.402. The second-order valence-corrected chi connectivity index (χ2v) is 6.21. The topological polar surface area (TPSA) is 107 Å². The summed E-state index contributed by atoms with van der Waals surface area (Å²) in [6, 6.07) is 4.75. The van der Waals surface area contributed by atoms with E-state index in [0.717, 1.165) is 12.8 Å². The fraction of sp³-hybridized carbons (Fsp3) is 0.368. The summed E-state index contributed by atoms with van der Waals surface area (Å²) in [5, 5.41) is 2.77. The lowest BCUT2D eigenvalue weighted by molar-refractivity contribution is 0.0793. The Labute approximate surface area is 157 Å². The molecule has 8 heteroatoms. The third-order valence-corrected chi connectivity index (χ3v) is 4.51. The highest BCUT2D eigenvalue weighted by atomic mass is 16.5.